The maximum Gasteiger partial charge on any atom is 0.240 e. The van der Waals surface area contributed by atoms with E-state index in [-0.39, 0.29) is 36.2 Å². The van der Waals surface area contributed by atoms with Crippen LogP contribution >= 0.6 is 12.4 Å². The molecule has 0 saturated carbocycles. The summed E-state index contributed by atoms with van der Waals surface area (Å²) in [6.45, 7) is 6.20. The standard InChI is InChI=1S/C16H26FN3O3S.ClH/c1-12(2)10-16(3,11-18)20-15(21)8-9-19-24(22,23)14-6-4-13(17)5-7-14;/h4-7,12,19H,8-11,18H2,1-3H3,(H,20,21);1H. The highest BCUT2D eigenvalue weighted by Crippen LogP contribution is 2.15. The average molecular weight is 396 g/mol. The van der Waals surface area contributed by atoms with Crippen molar-refractivity contribution in [2.75, 3.05) is 13.1 Å². The molecule has 0 spiro atoms. The van der Waals surface area contributed by atoms with Crippen molar-refractivity contribution >= 4 is 28.3 Å². The lowest BCUT2D eigenvalue weighted by Gasteiger charge is -2.31. The van der Waals surface area contributed by atoms with Crippen molar-refractivity contribution in [3.8, 4) is 0 Å². The van der Waals surface area contributed by atoms with E-state index in [9.17, 15) is 17.6 Å². The summed E-state index contributed by atoms with van der Waals surface area (Å²) in [7, 11) is -3.76. The molecule has 0 bridgehead atoms. The maximum atomic E-state index is 12.8. The molecular formula is C16H27ClFN3O3S. The van der Waals surface area contributed by atoms with E-state index in [1.807, 2.05) is 20.8 Å². The van der Waals surface area contributed by atoms with Gasteiger partial charge in [-0.1, -0.05) is 13.8 Å². The van der Waals surface area contributed by atoms with Crippen molar-refractivity contribution in [3.05, 3.63) is 30.1 Å². The van der Waals surface area contributed by atoms with E-state index in [0.29, 0.717) is 12.5 Å². The topological polar surface area (TPSA) is 101 Å². The van der Waals surface area contributed by atoms with Gasteiger partial charge in [-0.25, -0.2) is 17.5 Å². The molecule has 0 fully saturated rings. The van der Waals surface area contributed by atoms with Crippen molar-refractivity contribution in [2.45, 2.75) is 44.0 Å². The van der Waals surface area contributed by atoms with Crippen LogP contribution in [0.3, 0.4) is 0 Å². The Labute approximate surface area is 155 Å². The minimum absolute atomic E-state index is 0. The summed E-state index contributed by atoms with van der Waals surface area (Å²) in [6.07, 6.45) is 0.727. The Balaban J connectivity index is 0.00000576. The lowest BCUT2D eigenvalue weighted by molar-refractivity contribution is -0.122. The van der Waals surface area contributed by atoms with Crippen molar-refractivity contribution in [3.63, 3.8) is 0 Å². The number of amides is 1. The van der Waals surface area contributed by atoms with Gasteiger partial charge in [0.2, 0.25) is 15.9 Å². The Kier molecular flexibility index (Phi) is 9.57. The molecule has 25 heavy (non-hydrogen) atoms. The Morgan fingerprint density at radius 3 is 2.32 bits per heavy atom. The third-order valence-electron chi connectivity index (χ3n) is 3.52. The first-order valence-electron chi connectivity index (χ1n) is 7.84. The smallest absolute Gasteiger partial charge is 0.240 e. The Bertz CT molecular complexity index is 653. The van der Waals surface area contributed by atoms with Gasteiger partial charge < -0.3 is 11.1 Å². The predicted octanol–water partition coefficient (Wildman–Crippen LogP) is 1.80. The fraction of sp³-hybridized carbons (Fsp3) is 0.562. The zero-order valence-electron chi connectivity index (χ0n) is 14.7. The molecule has 0 radical (unpaired) electrons. The van der Waals surface area contributed by atoms with E-state index in [0.717, 1.165) is 18.6 Å². The zero-order chi connectivity index (χ0) is 18.4. The summed E-state index contributed by atoms with van der Waals surface area (Å²) in [5.41, 5.74) is 5.22. The second kappa shape index (κ2) is 10.1. The number of nitrogens with two attached hydrogens (primary N) is 1. The lowest BCUT2D eigenvalue weighted by Crippen LogP contribution is -2.52. The molecule has 1 atom stereocenters. The van der Waals surface area contributed by atoms with Gasteiger partial charge in [-0.2, -0.15) is 0 Å². The van der Waals surface area contributed by atoms with Crippen LogP contribution in [0.25, 0.3) is 0 Å². The molecule has 0 aliphatic rings. The number of halogens is 2. The largest absolute Gasteiger partial charge is 0.350 e. The number of benzene rings is 1. The summed E-state index contributed by atoms with van der Waals surface area (Å²) in [4.78, 5) is 12.0. The number of hydrogen-bond donors (Lipinski definition) is 3. The fourth-order valence-corrected chi connectivity index (χ4v) is 3.51. The second-order valence-corrected chi connectivity index (χ2v) is 8.28. The van der Waals surface area contributed by atoms with Gasteiger partial charge in [-0.15, -0.1) is 12.4 Å². The molecule has 1 aromatic carbocycles. The molecule has 0 aliphatic carbocycles. The van der Waals surface area contributed by atoms with Crippen LogP contribution in [-0.4, -0.2) is 33.0 Å². The SMILES string of the molecule is CC(C)CC(C)(CN)NC(=O)CCNS(=O)(=O)c1ccc(F)cc1.Cl. The van der Waals surface area contributed by atoms with Gasteiger partial charge in [0, 0.05) is 25.0 Å². The third kappa shape index (κ3) is 8.13. The van der Waals surface area contributed by atoms with Gasteiger partial charge in [-0.3, -0.25) is 4.79 Å². The molecule has 0 aromatic heterocycles. The van der Waals surface area contributed by atoms with Crippen molar-refractivity contribution in [1.82, 2.24) is 10.0 Å². The molecule has 1 amide bonds. The van der Waals surface area contributed by atoms with Crippen LogP contribution in [0.4, 0.5) is 4.39 Å². The first kappa shape index (κ1) is 23.8. The first-order chi connectivity index (χ1) is 11.1. The van der Waals surface area contributed by atoms with E-state index in [1.165, 1.54) is 12.1 Å². The van der Waals surface area contributed by atoms with Gasteiger partial charge in [0.15, 0.2) is 0 Å². The summed E-state index contributed by atoms with van der Waals surface area (Å²) in [5, 5.41) is 2.86. The molecular weight excluding hydrogens is 369 g/mol. The highest BCUT2D eigenvalue weighted by molar-refractivity contribution is 7.89. The third-order valence-corrected chi connectivity index (χ3v) is 5.00. The molecule has 1 unspecified atom stereocenters. The highest BCUT2D eigenvalue weighted by atomic mass is 35.5. The summed E-state index contributed by atoms with van der Waals surface area (Å²) < 4.78 is 39.2. The quantitative estimate of drug-likeness (QED) is 0.593. The van der Waals surface area contributed by atoms with Crippen LogP contribution in [-0.2, 0) is 14.8 Å². The lowest BCUT2D eigenvalue weighted by atomic mass is 9.90. The number of carbonyl (C=O) groups is 1. The van der Waals surface area contributed by atoms with E-state index in [1.54, 1.807) is 0 Å². The van der Waals surface area contributed by atoms with Crippen molar-refractivity contribution in [2.24, 2.45) is 11.7 Å². The number of rotatable bonds is 9. The summed E-state index contributed by atoms with van der Waals surface area (Å²) >= 11 is 0. The van der Waals surface area contributed by atoms with Crippen LogP contribution in [0.2, 0.25) is 0 Å². The second-order valence-electron chi connectivity index (χ2n) is 6.51. The fourth-order valence-electron chi connectivity index (χ4n) is 2.48. The van der Waals surface area contributed by atoms with Crippen LogP contribution < -0.4 is 15.8 Å². The number of sulfonamides is 1. The first-order valence-corrected chi connectivity index (χ1v) is 9.32. The Hall–Kier alpha value is -1.22. The monoisotopic (exact) mass is 395 g/mol. The van der Waals surface area contributed by atoms with Gasteiger partial charge >= 0.3 is 0 Å². The number of hydrogen-bond acceptors (Lipinski definition) is 4. The van der Waals surface area contributed by atoms with Crippen molar-refractivity contribution < 1.29 is 17.6 Å². The Morgan fingerprint density at radius 2 is 1.84 bits per heavy atom. The van der Waals surface area contributed by atoms with Crippen LogP contribution in [0.1, 0.15) is 33.6 Å². The van der Waals surface area contributed by atoms with Gasteiger partial charge in [0.1, 0.15) is 5.82 Å². The normalized spacial score (nSPS) is 13.8. The predicted molar refractivity (Wildman–Crippen MR) is 98.5 cm³/mol. The average Bonchev–Trinajstić information content (AvgIpc) is 2.46. The van der Waals surface area contributed by atoms with Gasteiger partial charge in [0.05, 0.1) is 4.90 Å². The molecule has 6 nitrogen and oxygen atoms in total. The zero-order valence-corrected chi connectivity index (χ0v) is 16.3. The van der Waals surface area contributed by atoms with Crippen molar-refractivity contribution in [1.29, 1.82) is 0 Å². The number of nitrogens with one attached hydrogen (secondary N) is 2. The maximum absolute atomic E-state index is 12.8. The number of carbonyl (C=O) groups excluding carboxylic acids is 1. The molecule has 1 aromatic rings. The molecule has 0 saturated heterocycles. The summed E-state index contributed by atoms with van der Waals surface area (Å²) in [6, 6.07) is 4.48. The van der Waals surface area contributed by atoms with E-state index in [4.69, 9.17) is 5.73 Å². The molecule has 4 N–H and O–H groups in total. The van der Waals surface area contributed by atoms with E-state index in [2.05, 4.69) is 10.0 Å². The molecule has 1 rings (SSSR count). The summed E-state index contributed by atoms with van der Waals surface area (Å²) in [5.74, 6) is -0.416. The molecule has 144 valence electrons. The van der Waals surface area contributed by atoms with Crippen LogP contribution in [0.15, 0.2) is 29.2 Å². The van der Waals surface area contributed by atoms with E-state index < -0.39 is 21.4 Å². The molecule has 0 heterocycles. The molecule has 9 heteroatoms. The Morgan fingerprint density at radius 1 is 1.28 bits per heavy atom. The van der Waals surface area contributed by atoms with E-state index >= 15 is 0 Å². The molecule has 0 aliphatic heterocycles. The minimum Gasteiger partial charge on any atom is -0.350 e. The minimum atomic E-state index is -3.76. The van der Waals surface area contributed by atoms with Gasteiger partial charge in [0.25, 0.3) is 0 Å². The van der Waals surface area contributed by atoms with Crippen LogP contribution in [0, 0.1) is 11.7 Å². The van der Waals surface area contributed by atoms with Crippen LogP contribution in [0.5, 0.6) is 0 Å². The highest BCUT2D eigenvalue weighted by Gasteiger charge is 2.25. The van der Waals surface area contributed by atoms with Gasteiger partial charge in [-0.05, 0) is 43.5 Å².